The zero-order chi connectivity index (χ0) is 31.6. The molecule has 1 amide bonds. The smallest absolute Gasteiger partial charge is 0.309 e. The fraction of sp³-hybridized carbons (Fsp3) is 0.429. The number of carboxylic acid groups (broad SMARTS) is 1. The van der Waals surface area contributed by atoms with Crippen LogP contribution in [0.3, 0.4) is 0 Å². The second kappa shape index (κ2) is 11.0. The minimum atomic E-state index is -3.94. The molecule has 1 saturated heterocycles. The zero-order valence-corrected chi connectivity index (χ0v) is 27.1. The lowest BCUT2D eigenvalue weighted by molar-refractivity contribution is -0.167. The number of aryl methyl sites for hydroxylation is 1. The van der Waals surface area contributed by atoms with Gasteiger partial charge in [0.2, 0.25) is 5.91 Å². The SMILES string of the molecule is O=C(O)C12CCC(C(=O)N3CC[C@@]4(S(=O)(=O)c5ccccc5)c5ccc(OCc6c(Cl)cccc6Cl)cc5CC[C@@H]34)(CC1)CC2. The van der Waals surface area contributed by atoms with E-state index in [1.54, 1.807) is 54.6 Å². The summed E-state index contributed by atoms with van der Waals surface area (Å²) < 4.78 is 34.4. The van der Waals surface area contributed by atoms with Gasteiger partial charge in [0, 0.05) is 27.6 Å². The first-order valence-electron chi connectivity index (χ1n) is 15.6. The number of hydrogen-bond acceptors (Lipinski definition) is 5. The normalized spacial score (nSPS) is 28.8. The van der Waals surface area contributed by atoms with Crippen LogP contribution >= 0.6 is 23.2 Å². The van der Waals surface area contributed by atoms with E-state index in [-0.39, 0.29) is 23.8 Å². The van der Waals surface area contributed by atoms with Crippen LogP contribution in [0.15, 0.2) is 71.6 Å². The zero-order valence-electron chi connectivity index (χ0n) is 24.8. The van der Waals surface area contributed by atoms with Gasteiger partial charge in [-0.25, -0.2) is 8.42 Å². The summed E-state index contributed by atoms with van der Waals surface area (Å²) in [6.07, 6.45) is 4.46. The van der Waals surface area contributed by atoms with Crippen molar-refractivity contribution in [2.24, 2.45) is 10.8 Å². The molecule has 1 aliphatic heterocycles. The first-order chi connectivity index (χ1) is 21.5. The fourth-order valence-corrected chi connectivity index (χ4v) is 11.5. The second-order valence-electron chi connectivity index (χ2n) is 13.2. The molecule has 8 rings (SSSR count). The van der Waals surface area contributed by atoms with Gasteiger partial charge in [-0.15, -0.1) is 0 Å². The quantitative estimate of drug-likeness (QED) is 0.286. The molecule has 5 aliphatic rings. The van der Waals surface area contributed by atoms with Gasteiger partial charge in [0.25, 0.3) is 0 Å². The molecule has 2 bridgehead atoms. The summed E-state index contributed by atoms with van der Waals surface area (Å²) in [6.45, 7) is 0.505. The molecule has 0 unspecified atom stereocenters. The number of fused-ring (bicyclic) bond motifs is 6. The van der Waals surface area contributed by atoms with Crippen molar-refractivity contribution in [1.82, 2.24) is 4.90 Å². The van der Waals surface area contributed by atoms with Crippen molar-refractivity contribution in [2.45, 2.75) is 80.1 Å². The molecule has 0 radical (unpaired) electrons. The predicted molar refractivity (Wildman–Crippen MR) is 171 cm³/mol. The Kier molecular flexibility index (Phi) is 7.49. The lowest BCUT2D eigenvalue weighted by atomic mass is 9.53. The average molecular weight is 669 g/mol. The number of halogens is 2. The predicted octanol–water partition coefficient (Wildman–Crippen LogP) is 7.21. The van der Waals surface area contributed by atoms with Gasteiger partial charge >= 0.3 is 5.97 Å². The van der Waals surface area contributed by atoms with Crippen LogP contribution in [0.2, 0.25) is 10.0 Å². The molecule has 3 saturated carbocycles. The summed E-state index contributed by atoms with van der Waals surface area (Å²) in [4.78, 5) is 28.6. The lowest BCUT2D eigenvalue weighted by Gasteiger charge is -2.52. The van der Waals surface area contributed by atoms with E-state index < -0.39 is 37.4 Å². The topological polar surface area (TPSA) is 101 Å². The monoisotopic (exact) mass is 667 g/mol. The Hall–Kier alpha value is -3.07. The summed E-state index contributed by atoms with van der Waals surface area (Å²) in [6, 6.07) is 18.9. The molecule has 4 fully saturated rings. The van der Waals surface area contributed by atoms with E-state index in [1.165, 1.54) is 0 Å². The largest absolute Gasteiger partial charge is 0.489 e. The highest BCUT2D eigenvalue weighted by atomic mass is 35.5. The number of carbonyl (C=O) groups is 2. The maximum Gasteiger partial charge on any atom is 0.309 e. The number of carbonyl (C=O) groups excluding carboxylic acids is 1. The molecule has 10 heteroatoms. The Bertz CT molecular complexity index is 1750. The van der Waals surface area contributed by atoms with E-state index in [2.05, 4.69) is 0 Å². The van der Waals surface area contributed by atoms with Crippen molar-refractivity contribution in [3.05, 3.63) is 93.5 Å². The molecule has 4 aliphatic carbocycles. The summed E-state index contributed by atoms with van der Waals surface area (Å²) >= 11 is 12.7. The van der Waals surface area contributed by atoms with Crippen LogP contribution in [-0.4, -0.2) is 42.9 Å². The van der Waals surface area contributed by atoms with Crippen LogP contribution in [0.4, 0.5) is 0 Å². The molecular formula is C35H35Cl2NO6S. The minimum Gasteiger partial charge on any atom is -0.489 e. The molecule has 236 valence electrons. The van der Waals surface area contributed by atoms with Gasteiger partial charge < -0.3 is 14.7 Å². The molecule has 45 heavy (non-hydrogen) atoms. The second-order valence-corrected chi connectivity index (χ2v) is 16.2. The molecule has 3 aromatic carbocycles. The number of rotatable bonds is 7. The van der Waals surface area contributed by atoms with Gasteiger partial charge in [0.15, 0.2) is 9.84 Å². The lowest BCUT2D eigenvalue weighted by Crippen LogP contribution is -2.57. The van der Waals surface area contributed by atoms with Crippen molar-refractivity contribution in [2.75, 3.05) is 6.54 Å². The van der Waals surface area contributed by atoms with Crippen LogP contribution < -0.4 is 4.74 Å². The van der Waals surface area contributed by atoms with Crippen molar-refractivity contribution < 1.29 is 27.9 Å². The van der Waals surface area contributed by atoms with Gasteiger partial charge in [0.1, 0.15) is 17.1 Å². The van der Waals surface area contributed by atoms with Gasteiger partial charge in [-0.05, 0) is 105 Å². The van der Waals surface area contributed by atoms with Crippen LogP contribution in [0.5, 0.6) is 5.75 Å². The van der Waals surface area contributed by atoms with Gasteiger partial charge in [-0.3, -0.25) is 9.59 Å². The number of carboxylic acids is 1. The highest BCUT2D eigenvalue weighted by Gasteiger charge is 2.64. The van der Waals surface area contributed by atoms with Crippen LogP contribution in [0.25, 0.3) is 0 Å². The van der Waals surface area contributed by atoms with E-state index in [1.807, 2.05) is 17.0 Å². The maximum atomic E-state index is 14.8. The number of ether oxygens (including phenoxy) is 1. The van der Waals surface area contributed by atoms with Crippen molar-refractivity contribution >= 4 is 44.9 Å². The molecule has 0 spiro atoms. The third kappa shape index (κ3) is 4.62. The van der Waals surface area contributed by atoms with E-state index >= 15 is 0 Å². The molecule has 7 nitrogen and oxygen atoms in total. The Labute approximate surface area is 273 Å². The Morgan fingerprint density at radius 3 is 2.16 bits per heavy atom. The average Bonchev–Trinajstić information content (AvgIpc) is 3.47. The standard InChI is InChI=1S/C35H35Cl2NO6S/c36-28-7-4-8-29(37)26(28)22-44-24-10-11-27-23(21-24)9-12-30-35(27,45(42,43)25-5-2-1-3-6-25)19-20-38(30)31(39)33-13-16-34(17-14-33,18-15-33)32(40)41/h1-8,10-11,21,30H,9,12-20,22H2,(H,40,41)/t30-,33?,34?,35-/m1/s1. The maximum absolute atomic E-state index is 14.8. The number of benzene rings is 3. The summed E-state index contributed by atoms with van der Waals surface area (Å²) in [5.74, 6) is -0.178. The van der Waals surface area contributed by atoms with Crippen molar-refractivity contribution in [1.29, 1.82) is 0 Å². The molecule has 2 atom stereocenters. The number of likely N-dealkylation sites (tertiary alicyclic amines) is 1. The Morgan fingerprint density at radius 1 is 0.867 bits per heavy atom. The minimum absolute atomic E-state index is 0.00338. The van der Waals surface area contributed by atoms with Gasteiger partial charge in [0.05, 0.1) is 16.4 Å². The Balaban J connectivity index is 1.24. The van der Waals surface area contributed by atoms with E-state index in [0.717, 1.165) is 11.1 Å². The summed E-state index contributed by atoms with van der Waals surface area (Å²) in [5, 5.41) is 10.9. The fourth-order valence-electron chi connectivity index (χ4n) is 8.60. The van der Waals surface area contributed by atoms with E-state index in [4.69, 9.17) is 27.9 Å². The van der Waals surface area contributed by atoms with Gasteiger partial charge in [-0.2, -0.15) is 0 Å². The van der Waals surface area contributed by atoms with Gasteiger partial charge in [-0.1, -0.05) is 53.5 Å². The van der Waals surface area contributed by atoms with Crippen molar-refractivity contribution in [3.8, 4) is 5.75 Å². The summed E-state index contributed by atoms with van der Waals surface area (Å²) in [7, 11) is -3.94. The van der Waals surface area contributed by atoms with E-state index in [0.29, 0.717) is 79.3 Å². The molecule has 1 heterocycles. The number of sulfone groups is 1. The molecular weight excluding hydrogens is 633 g/mol. The number of aliphatic carboxylic acids is 1. The Morgan fingerprint density at radius 2 is 1.51 bits per heavy atom. The highest BCUT2D eigenvalue weighted by molar-refractivity contribution is 7.92. The third-order valence-corrected chi connectivity index (χ3v) is 14.5. The highest BCUT2D eigenvalue weighted by Crippen LogP contribution is 2.60. The van der Waals surface area contributed by atoms with Crippen LogP contribution in [0.1, 0.15) is 68.1 Å². The molecule has 0 aromatic heterocycles. The third-order valence-electron chi connectivity index (χ3n) is 11.3. The number of nitrogens with zero attached hydrogens (tertiary/aromatic N) is 1. The van der Waals surface area contributed by atoms with Crippen molar-refractivity contribution in [3.63, 3.8) is 0 Å². The van der Waals surface area contributed by atoms with Crippen LogP contribution in [0, 0.1) is 10.8 Å². The first-order valence-corrected chi connectivity index (χ1v) is 17.8. The number of amides is 1. The van der Waals surface area contributed by atoms with E-state index in [9.17, 15) is 23.1 Å². The van der Waals surface area contributed by atoms with Crippen LogP contribution in [-0.2, 0) is 37.2 Å². The molecule has 1 N–H and O–H groups in total. The first kappa shape index (κ1) is 30.6. The molecule has 3 aromatic rings. The summed E-state index contributed by atoms with van der Waals surface area (Å²) in [5.41, 5.74) is 0.936. The number of hydrogen-bond donors (Lipinski definition) is 1.